The van der Waals surface area contributed by atoms with E-state index in [2.05, 4.69) is 31.9 Å². The molecule has 8 heteroatoms. The van der Waals surface area contributed by atoms with E-state index < -0.39 is 5.91 Å². The number of halogens is 1. The minimum Gasteiger partial charge on any atom is -0.493 e. The van der Waals surface area contributed by atoms with Gasteiger partial charge in [-0.15, -0.1) is 0 Å². The number of hydrogen-bond donors (Lipinski definition) is 3. The SMILES string of the molecule is CCOc1ccc(Br)cc1C(=O)NC(=S)Nc1ccccc1C(=O)NC(C)CC. The topological polar surface area (TPSA) is 79.5 Å². The molecule has 2 amide bonds. The third-order valence-corrected chi connectivity index (χ3v) is 4.82. The van der Waals surface area contributed by atoms with Gasteiger partial charge in [-0.25, -0.2) is 0 Å². The Morgan fingerprint density at radius 1 is 1.10 bits per heavy atom. The summed E-state index contributed by atoms with van der Waals surface area (Å²) in [5.74, 6) is -0.152. The summed E-state index contributed by atoms with van der Waals surface area (Å²) in [6.07, 6.45) is 0.824. The highest BCUT2D eigenvalue weighted by molar-refractivity contribution is 9.10. The number of ether oxygens (including phenoxy) is 1. The van der Waals surface area contributed by atoms with Crippen LogP contribution >= 0.6 is 28.1 Å². The summed E-state index contributed by atoms with van der Waals surface area (Å²) in [6, 6.07) is 12.2. The molecule has 1 atom stereocenters. The Labute approximate surface area is 184 Å². The summed E-state index contributed by atoms with van der Waals surface area (Å²) < 4.78 is 6.26. The normalized spacial score (nSPS) is 11.3. The second kappa shape index (κ2) is 10.9. The molecule has 0 saturated heterocycles. The zero-order chi connectivity index (χ0) is 21.4. The number of nitrogens with one attached hydrogen (secondary N) is 3. The Hall–Kier alpha value is -2.45. The lowest BCUT2D eigenvalue weighted by atomic mass is 10.1. The van der Waals surface area contributed by atoms with Crippen molar-refractivity contribution in [2.45, 2.75) is 33.2 Å². The van der Waals surface area contributed by atoms with Gasteiger partial charge in [-0.05, 0) is 62.8 Å². The molecule has 0 aliphatic carbocycles. The fraction of sp³-hybridized carbons (Fsp3) is 0.286. The van der Waals surface area contributed by atoms with Crippen LogP contribution in [0.15, 0.2) is 46.9 Å². The first-order chi connectivity index (χ1) is 13.8. The molecule has 0 heterocycles. The van der Waals surface area contributed by atoms with Crippen LogP contribution in [0.4, 0.5) is 5.69 Å². The van der Waals surface area contributed by atoms with Crippen LogP contribution in [0, 0.1) is 0 Å². The molecule has 0 aliphatic rings. The van der Waals surface area contributed by atoms with Crippen LogP contribution in [0.5, 0.6) is 5.75 Å². The van der Waals surface area contributed by atoms with Crippen molar-refractivity contribution in [1.82, 2.24) is 10.6 Å². The van der Waals surface area contributed by atoms with Gasteiger partial charge in [0.05, 0.1) is 23.4 Å². The van der Waals surface area contributed by atoms with Gasteiger partial charge in [-0.2, -0.15) is 0 Å². The summed E-state index contributed by atoms with van der Waals surface area (Å²) in [7, 11) is 0. The molecule has 1 unspecified atom stereocenters. The molecule has 0 aliphatic heterocycles. The van der Waals surface area contributed by atoms with E-state index in [4.69, 9.17) is 17.0 Å². The third kappa shape index (κ3) is 6.54. The Morgan fingerprint density at radius 2 is 1.83 bits per heavy atom. The van der Waals surface area contributed by atoms with E-state index in [0.29, 0.717) is 29.2 Å². The van der Waals surface area contributed by atoms with Crippen molar-refractivity contribution in [3.8, 4) is 5.75 Å². The lowest BCUT2D eigenvalue weighted by Crippen LogP contribution is -2.36. The van der Waals surface area contributed by atoms with Crippen LogP contribution in [-0.2, 0) is 0 Å². The summed E-state index contributed by atoms with van der Waals surface area (Å²) >= 11 is 8.64. The molecule has 0 fully saturated rings. The Balaban J connectivity index is 2.13. The highest BCUT2D eigenvalue weighted by atomic mass is 79.9. The van der Waals surface area contributed by atoms with Gasteiger partial charge in [-0.1, -0.05) is 35.0 Å². The molecule has 2 aromatic rings. The van der Waals surface area contributed by atoms with E-state index in [1.54, 1.807) is 42.5 Å². The van der Waals surface area contributed by atoms with Crippen LogP contribution < -0.4 is 20.7 Å². The number of anilines is 1. The number of carbonyl (C=O) groups is 2. The van der Waals surface area contributed by atoms with Gasteiger partial charge in [0.25, 0.3) is 11.8 Å². The predicted molar refractivity (Wildman–Crippen MR) is 123 cm³/mol. The summed E-state index contributed by atoms with van der Waals surface area (Å²) in [5.41, 5.74) is 1.31. The second-order valence-corrected chi connectivity index (χ2v) is 7.63. The molecule has 0 bridgehead atoms. The molecule has 29 heavy (non-hydrogen) atoms. The van der Waals surface area contributed by atoms with Crippen molar-refractivity contribution in [3.63, 3.8) is 0 Å². The molecule has 154 valence electrons. The van der Waals surface area contributed by atoms with Crippen LogP contribution in [0.25, 0.3) is 0 Å². The average Bonchev–Trinajstić information content (AvgIpc) is 2.69. The van der Waals surface area contributed by atoms with E-state index in [0.717, 1.165) is 10.9 Å². The van der Waals surface area contributed by atoms with Crippen molar-refractivity contribution in [2.75, 3.05) is 11.9 Å². The minimum absolute atomic E-state index is 0.0516. The van der Waals surface area contributed by atoms with E-state index in [1.165, 1.54) is 0 Å². The number of thiocarbonyl (C=S) groups is 1. The van der Waals surface area contributed by atoms with Crippen molar-refractivity contribution >= 4 is 50.8 Å². The van der Waals surface area contributed by atoms with Crippen LogP contribution in [-0.4, -0.2) is 29.6 Å². The molecular weight excluding hydrogens is 454 g/mol. The van der Waals surface area contributed by atoms with Gasteiger partial charge in [0.1, 0.15) is 5.75 Å². The van der Waals surface area contributed by atoms with Gasteiger partial charge in [0.15, 0.2) is 5.11 Å². The zero-order valence-corrected chi connectivity index (χ0v) is 18.9. The number of para-hydroxylation sites is 1. The quantitative estimate of drug-likeness (QED) is 0.511. The third-order valence-electron chi connectivity index (χ3n) is 4.12. The predicted octanol–water partition coefficient (Wildman–Crippen LogP) is 4.50. The average molecular weight is 478 g/mol. The van der Waals surface area contributed by atoms with Crippen molar-refractivity contribution in [3.05, 3.63) is 58.1 Å². The van der Waals surface area contributed by atoms with Crippen molar-refractivity contribution in [1.29, 1.82) is 0 Å². The molecule has 0 saturated carbocycles. The largest absolute Gasteiger partial charge is 0.493 e. The smallest absolute Gasteiger partial charge is 0.261 e. The standard InChI is InChI=1S/C21H24BrN3O3S/c1-4-13(3)23-19(26)15-8-6-7-9-17(15)24-21(29)25-20(27)16-12-14(22)10-11-18(16)28-5-2/h6-13H,4-5H2,1-3H3,(H,23,26)(H2,24,25,27,29). The fourth-order valence-electron chi connectivity index (χ4n) is 2.48. The minimum atomic E-state index is -0.409. The fourth-order valence-corrected chi connectivity index (χ4v) is 3.04. The van der Waals surface area contributed by atoms with Crippen LogP contribution in [0.1, 0.15) is 47.9 Å². The molecule has 2 rings (SSSR count). The maximum absolute atomic E-state index is 12.7. The number of amides is 2. The lowest BCUT2D eigenvalue weighted by Gasteiger charge is -2.16. The summed E-state index contributed by atoms with van der Waals surface area (Å²) in [5, 5.41) is 8.58. The van der Waals surface area contributed by atoms with Gasteiger partial charge >= 0.3 is 0 Å². The Kier molecular flexibility index (Phi) is 8.60. The summed E-state index contributed by atoms with van der Waals surface area (Å²) in [4.78, 5) is 25.2. The van der Waals surface area contributed by atoms with E-state index in [1.807, 2.05) is 20.8 Å². The molecule has 2 aromatic carbocycles. The lowest BCUT2D eigenvalue weighted by molar-refractivity contribution is 0.0938. The maximum atomic E-state index is 12.7. The Morgan fingerprint density at radius 3 is 2.52 bits per heavy atom. The highest BCUT2D eigenvalue weighted by Crippen LogP contribution is 2.23. The first-order valence-corrected chi connectivity index (χ1v) is 10.5. The van der Waals surface area contributed by atoms with E-state index in [-0.39, 0.29) is 17.1 Å². The zero-order valence-electron chi connectivity index (χ0n) is 16.5. The highest BCUT2D eigenvalue weighted by Gasteiger charge is 2.17. The maximum Gasteiger partial charge on any atom is 0.261 e. The van der Waals surface area contributed by atoms with Gasteiger partial charge in [0, 0.05) is 10.5 Å². The molecular formula is C21H24BrN3O3S. The molecule has 0 radical (unpaired) electrons. The molecule has 0 aromatic heterocycles. The number of rotatable bonds is 7. The number of benzene rings is 2. The monoisotopic (exact) mass is 477 g/mol. The van der Waals surface area contributed by atoms with Gasteiger partial charge < -0.3 is 15.4 Å². The van der Waals surface area contributed by atoms with Gasteiger partial charge in [0.2, 0.25) is 0 Å². The first-order valence-electron chi connectivity index (χ1n) is 9.30. The molecule has 6 nitrogen and oxygen atoms in total. The van der Waals surface area contributed by atoms with Crippen LogP contribution in [0.3, 0.4) is 0 Å². The Bertz CT molecular complexity index is 904. The molecule has 3 N–H and O–H groups in total. The van der Waals surface area contributed by atoms with Crippen LogP contribution in [0.2, 0.25) is 0 Å². The number of carbonyl (C=O) groups excluding carboxylic acids is 2. The molecule has 0 spiro atoms. The van der Waals surface area contributed by atoms with Crippen molar-refractivity contribution < 1.29 is 14.3 Å². The van der Waals surface area contributed by atoms with E-state index in [9.17, 15) is 9.59 Å². The summed E-state index contributed by atoms with van der Waals surface area (Å²) in [6.45, 7) is 6.21. The van der Waals surface area contributed by atoms with Crippen molar-refractivity contribution in [2.24, 2.45) is 0 Å². The van der Waals surface area contributed by atoms with Gasteiger partial charge in [-0.3, -0.25) is 14.9 Å². The number of hydrogen-bond acceptors (Lipinski definition) is 4. The second-order valence-electron chi connectivity index (χ2n) is 6.31. The first kappa shape index (κ1) is 22.8. The van der Waals surface area contributed by atoms with E-state index >= 15 is 0 Å².